The van der Waals surface area contributed by atoms with Crippen molar-refractivity contribution >= 4 is 0 Å². The minimum absolute atomic E-state index is 0.919. The summed E-state index contributed by atoms with van der Waals surface area (Å²) in [6, 6.07) is 1.84. The summed E-state index contributed by atoms with van der Waals surface area (Å²) in [6.07, 6.45) is 5.71. The van der Waals surface area contributed by atoms with Crippen LogP contribution in [-0.2, 0) is 0 Å². The van der Waals surface area contributed by atoms with Gasteiger partial charge in [-0.15, -0.1) is 0 Å². The molecule has 2 saturated carbocycles. The van der Waals surface area contributed by atoms with Crippen LogP contribution in [0.3, 0.4) is 0 Å². The Morgan fingerprint density at radius 1 is 1.44 bits per heavy atom. The van der Waals surface area contributed by atoms with Crippen LogP contribution < -0.4 is 5.32 Å². The Kier molecular flexibility index (Phi) is 1.26. The highest BCUT2D eigenvalue weighted by atomic mass is 15.0. The first-order valence-corrected chi connectivity index (χ1v) is 4.16. The molecule has 0 aromatic rings. The summed E-state index contributed by atoms with van der Waals surface area (Å²) in [5, 5.41) is 3.63. The van der Waals surface area contributed by atoms with Crippen LogP contribution in [0.15, 0.2) is 0 Å². The summed E-state index contributed by atoms with van der Waals surface area (Å²) < 4.78 is 0. The molecule has 52 valence electrons. The van der Waals surface area contributed by atoms with Crippen molar-refractivity contribution in [3.63, 3.8) is 0 Å². The normalized spacial score (nSPS) is 41.0. The smallest absolute Gasteiger partial charge is 0.0102 e. The molecule has 0 saturated heterocycles. The predicted molar refractivity (Wildman–Crippen MR) is 38.3 cm³/mol. The lowest BCUT2D eigenvalue weighted by Gasteiger charge is -1.97. The minimum Gasteiger partial charge on any atom is -0.311 e. The van der Waals surface area contributed by atoms with Gasteiger partial charge in [-0.25, -0.2) is 0 Å². The first kappa shape index (κ1) is 5.72. The molecule has 0 aromatic heterocycles. The van der Waals surface area contributed by atoms with Crippen LogP contribution in [0.5, 0.6) is 0 Å². The Morgan fingerprint density at radius 3 is 2.67 bits per heavy atom. The largest absolute Gasteiger partial charge is 0.311 e. The molecule has 1 N–H and O–H groups in total. The van der Waals surface area contributed by atoms with E-state index in [1.165, 1.54) is 25.7 Å². The van der Waals surface area contributed by atoms with Crippen LogP contribution in [0, 0.1) is 5.92 Å². The van der Waals surface area contributed by atoms with Gasteiger partial charge in [-0.2, -0.15) is 0 Å². The van der Waals surface area contributed by atoms with Gasteiger partial charge in [-0.1, -0.05) is 13.3 Å². The molecule has 1 heteroatoms. The van der Waals surface area contributed by atoms with Crippen molar-refractivity contribution in [3.05, 3.63) is 0 Å². The second kappa shape index (κ2) is 1.98. The summed E-state index contributed by atoms with van der Waals surface area (Å²) in [6.45, 7) is 2.29. The van der Waals surface area contributed by atoms with Gasteiger partial charge in [0.05, 0.1) is 0 Å². The summed E-state index contributed by atoms with van der Waals surface area (Å²) in [4.78, 5) is 0. The zero-order valence-corrected chi connectivity index (χ0v) is 6.06. The van der Waals surface area contributed by atoms with Crippen molar-refractivity contribution in [1.82, 2.24) is 5.32 Å². The van der Waals surface area contributed by atoms with Gasteiger partial charge in [-0.3, -0.25) is 0 Å². The Labute approximate surface area is 56.8 Å². The maximum absolute atomic E-state index is 3.63. The first-order valence-electron chi connectivity index (χ1n) is 4.16. The van der Waals surface area contributed by atoms with E-state index in [0.717, 1.165) is 18.0 Å². The Hall–Kier alpha value is -0.0400. The van der Waals surface area contributed by atoms with E-state index in [4.69, 9.17) is 0 Å². The second-order valence-corrected chi connectivity index (χ2v) is 3.45. The molecule has 2 aliphatic rings. The van der Waals surface area contributed by atoms with E-state index < -0.39 is 0 Å². The van der Waals surface area contributed by atoms with Gasteiger partial charge < -0.3 is 5.32 Å². The maximum Gasteiger partial charge on any atom is 0.0102 e. The molecule has 2 atom stereocenters. The number of rotatable bonds is 3. The molecular weight excluding hydrogens is 110 g/mol. The van der Waals surface area contributed by atoms with Gasteiger partial charge in [0, 0.05) is 12.1 Å². The van der Waals surface area contributed by atoms with Crippen molar-refractivity contribution in [2.45, 2.75) is 44.7 Å². The lowest BCUT2D eigenvalue weighted by atomic mass is 10.3. The minimum atomic E-state index is 0.919. The lowest BCUT2D eigenvalue weighted by molar-refractivity contribution is 0.620. The summed E-state index contributed by atoms with van der Waals surface area (Å²) >= 11 is 0. The molecule has 2 fully saturated rings. The Balaban J connectivity index is 1.65. The summed E-state index contributed by atoms with van der Waals surface area (Å²) in [5.41, 5.74) is 0. The van der Waals surface area contributed by atoms with Crippen molar-refractivity contribution in [2.24, 2.45) is 5.92 Å². The van der Waals surface area contributed by atoms with Gasteiger partial charge in [0.1, 0.15) is 0 Å². The molecule has 0 heterocycles. The highest BCUT2D eigenvalue weighted by Gasteiger charge is 2.38. The van der Waals surface area contributed by atoms with E-state index >= 15 is 0 Å². The molecule has 2 rings (SSSR count). The first-order chi connectivity index (χ1) is 4.40. The van der Waals surface area contributed by atoms with Gasteiger partial charge in [0.2, 0.25) is 0 Å². The lowest BCUT2D eigenvalue weighted by Crippen LogP contribution is -2.20. The van der Waals surface area contributed by atoms with Gasteiger partial charge in [0.15, 0.2) is 0 Å². The summed E-state index contributed by atoms with van der Waals surface area (Å²) in [5.74, 6) is 1.03. The van der Waals surface area contributed by atoms with Crippen LogP contribution in [-0.4, -0.2) is 12.1 Å². The third-order valence-corrected chi connectivity index (χ3v) is 2.47. The number of hydrogen-bond donors (Lipinski definition) is 1. The van der Waals surface area contributed by atoms with Gasteiger partial charge >= 0.3 is 0 Å². The van der Waals surface area contributed by atoms with E-state index in [1.54, 1.807) is 0 Å². The molecule has 9 heavy (non-hydrogen) atoms. The van der Waals surface area contributed by atoms with E-state index in [1.807, 2.05) is 0 Å². The topological polar surface area (TPSA) is 12.0 Å². The van der Waals surface area contributed by atoms with E-state index in [9.17, 15) is 0 Å². The average Bonchev–Trinajstić information content (AvgIpc) is 2.66. The molecule has 2 aliphatic carbocycles. The molecule has 0 spiro atoms. The molecular formula is C8H15N. The van der Waals surface area contributed by atoms with Gasteiger partial charge in [-0.05, 0) is 25.2 Å². The zero-order chi connectivity index (χ0) is 6.27. The van der Waals surface area contributed by atoms with E-state index in [2.05, 4.69) is 12.2 Å². The molecule has 0 amide bonds. The van der Waals surface area contributed by atoms with Crippen LogP contribution in [0.4, 0.5) is 0 Å². The fourth-order valence-corrected chi connectivity index (χ4v) is 1.46. The highest BCUT2D eigenvalue weighted by Crippen LogP contribution is 2.36. The van der Waals surface area contributed by atoms with Crippen molar-refractivity contribution in [2.75, 3.05) is 0 Å². The third-order valence-electron chi connectivity index (χ3n) is 2.47. The van der Waals surface area contributed by atoms with Crippen LogP contribution in [0.2, 0.25) is 0 Å². The van der Waals surface area contributed by atoms with Gasteiger partial charge in [0.25, 0.3) is 0 Å². The second-order valence-electron chi connectivity index (χ2n) is 3.45. The molecule has 0 radical (unpaired) electrons. The highest BCUT2D eigenvalue weighted by molar-refractivity contribution is 4.97. The zero-order valence-electron chi connectivity index (χ0n) is 6.06. The van der Waals surface area contributed by atoms with Crippen LogP contribution in [0.1, 0.15) is 32.6 Å². The fourth-order valence-electron chi connectivity index (χ4n) is 1.46. The molecule has 0 bridgehead atoms. The third kappa shape index (κ3) is 1.26. The Bertz CT molecular complexity index is 107. The predicted octanol–water partition coefficient (Wildman–Crippen LogP) is 1.54. The molecule has 1 nitrogen and oxygen atoms in total. The number of hydrogen-bond acceptors (Lipinski definition) is 1. The van der Waals surface area contributed by atoms with Crippen molar-refractivity contribution < 1.29 is 0 Å². The van der Waals surface area contributed by atoms with Crippen LogP contribution in [0.25, 0.3) is 0 Å². The van der Waals surface area contributed by atoms with E-state index in [-0.39, 0.29) is 0 Å². The molecule has 2 unspecified atom stereocenters. The average molecular weight is 125 g/mol. The molecule has 0 aromatic carbocycles. The van der Waals surface area contributed by atoms with Crippen LogP contribution >= 0.6 is 0 Å². The van der Waals surface area contributed by atoms with Crippen molar-refractivity contribution in [1.29, 1.82) is 0 Å². The molecule has 0 aliphatic heterocycles. The number of nitrogens with one attached hydrogen (secondary N) is 1. The summed E-state index contributed by atoms with van der Waals surface area (Å²) in [7, 11) is 0. The SMILES string of the molecule is CCC1CC1NC1CC1. The monoisotopic (exact) mass is 125 g/mol. The fraction of sp³-hybridized carbons (Fsp3) is 1.00. The van der Waals surface area contributed by atoms with Crippen molar-refractivity contribution in [3.8, 4) is 0 Å². The Morgan fingerprint density at radius 2 is 2.22 bits per heavy atom. The quantitative estimate of drug-likeness (QED) is 0.603. The van der Waals surface area contributed by atoms with E-state index in [0.29, 0.717) is 0 Å². The standard InChI is InChI=1S/C8H15N/c1-2-6-5-8(6)9-7-3-4-7/h6-9H,2-5H2,1H3. The maximum atomic E-state index is 3.63.